The molecule has 2 aliphatic heterocycles. The fourth-order valence-electron chi connectivity index (χ4n) is 2.40. The summed E-state index contributed by atoms with van der Waals surface area (Å²) in [6.45, 7) is 4.85. The van der Waals surface area contributed by atoms with Crippen molar-refractivity contribution in [2.24, 2.45) is 11.7 Å². The lowest BCUT2D eigenvalue weighted by Gasteiger charge is -2.39. The highest BCUT2D eigenvalue weighted by Gasteiger charge is 2.29. The highest BCUT2D eigenvalue weighted by atomic mass is 16.5. The van der Waals surface area contributed by atoms with Crippen molar-refractivity contribution in [3.8, 4) is 0 Å². The number of nitrogens with two attached hydrogens (primary N) is 1. The van der Waals surface area contributed by atoms with Crippen molar-refractivity contribution in [2.75, 3.05) is 46.1 Å². The molecule has 5 nitrogen and oxygen atoms in total. The van der Waals surface area contributed by atoms with Gasteiger partial charge in [-0.15, -0.1) is 0 Å². The molecule has 94 valence electrons. The molecule has 0 aromatic heterocycles. The predicted molar refractivity (Wildman–Crippen MR) is 60.2 cm³/mol. The maximum Gasteiger partial charge on any atom is 0.0644 e. The van der Waals surface area contributed by atoms with E-state index in [0.29, 0.717) is 12.5 Å². The SMILES string of the molecule is NC1CCOCC1CN1CCOCC1CO. The summed E-state index contributed by atoms with van der Waals surface area (Å²) in [4.78, 5) is 2.28. The molecular formula is C11H22N2O3. The minimum atomic E-state index is 0.128. The van der Waals surface area contributed by atoms with E-state index in [1.807, 2.05) is 0 Å². The molecule has 0 amide bonds. The molecule has 2 fully saturated rings. The molecule has 2 saturated heterocycles. The minimum Gasteiger partial charge on any atom is -0.395 e. The lowest BCUT2D eigenvalue weighted by atomic mass is 9.95. The third-order valence-electron chi connectivity index (χ3n) is 3.56. The van der Waals surface area contributed by atoms with E-state index in [4.69, 9.17) is 15.2 Å². The van der Waals surface area contributed by atoms with Gasteiger partial charge in [-0.05, 0) is 6.42 Å². The van der Waals surface area contributed by atoms with Crippen LogP contribution >= 0.6 is 0 Å². The molecule has 0 aliphatic carbocycles. The van der Waals surface area contributed by atoms with Crippen LogP contribution < -0.4 is 5.73 Å². The zero-order valence-electron chi connectivity index (χ0n) is 9.68. The van der Waals surface area contributed by atoms with Crippen molar-refractivity contribution >= 4 is 0 Å². The standard InChI is InChI=1S/C11H22N2O3/c12-11-1-3-15-7-9(11)5-13-2-4-16-8-10(13)6-14/h9-11,14H,1-8,12H2. The third-order valence-corrected chi connectivity index (χ3v) is 3.56. The first-order valence-corrected chi connectivity index (χ1v) is 6.07. The van der Waals surface area contributed by atoms with Crippen molar-refractivity contribution < 1.29 is 14.6 Å². The number of ether oxygens (including phenoxy) is 2. The summed E-state index contributed by atoms with van der Waals surface area (Å²) in [5.41, 5.74) is 6.08. The van der Waals surface area contributed by atoms with Gasteiger partial charge in [0.25, 0.3) is 0 Å². The zero-order chi connectivity index (χ0) is 11.4. The van der Waals surface area contributed by atoms with Gasteiger partial charge in [-0.25, -0.2) is 0 Å². The highest BCUT2D eigenvalue weighted by molar-refractivity contribution is 4.83. The topological polar surface area (TPSA) is 68.0 Å². The first kappa shape index (κ1) is 12.3. The van der Waals surface area contributed by atoms with Crippen molar-refractivity contribution in [2.45, 2.75) is 18.5 Å². The van der Waals surface area contributed by atoms with Crippen LogP contribution in [0.2, 0.25) is 0 Å². The van der Waals surface area contributed by atoms with E-state index in [-0.39, 0.29) is 18.7 Å². The van der Waals surface area contributed by atoms with Gasteiger partial charge in [-0.1, -0.05) is 0 Å². The van der Waals surface area contributed by atoms with E-state index >= 15 is 0 Å². The van der Waals surface area contributed by atoms with Gasteiger partial charge in [0.15, 0.2) is 0 Å². The molecular weight excluding hydrogens is 208 g/mol. The van der Waals surface area contributed by atoms with Crippen LogP contribution in [0, 0.1) is 5.92 Å². The molecule has 16 heavy (non-hydrogen) atoms. The number of nitrogens with zero attached hydrogens (tertiary/aromatic N) is 1. The highest BCUT2D eigenvalue weighted by Crippen LogP contribution is 2.17. The van der Waals surface area contributed by atoms with Crippen LogP contribution in [-0.4, -0.2) is 68.2 Å². The third kappa shape index (κ3) is 2.93. The Morgan fingerprint density at radius 3 is 2.81 bits per heavy atom. The molecule has 5 heteroatoms. The van der Waals surface area contributed by atoms with E-state index in [9.17, 15) is 5.11 Å². The van der Waals surface area contributed by atoms with E-state index in [2.05, 4.69) is 4.90 Å². The van der Waals surface area contributed by atoms with Gasteiger partial charge < -0.3 is 20.3 Å². The van der Waals surface area contributed by atoms with Crippen molar-refractivity contribution in [3.05, 3.63) is 0 Å². The van der Waals surface area contributed by atoms with Gasteiger partial charge in [0.1, 0.15) is 0 Å². The van der Waals surface area contributed by atoms with Gasteiger partial charge in [0.05, 0.1) is 32.5 Å². The fraction of sp³-hybridized carbons (Fsp3) is 1.00. The minimum absolute atomic E-state index is 0.128. The molecule has 3 atom stereocenters. The van der Waals surface area contributed by atoms with Crippen molar-refractivity contribution in [1.29, 1.82) is 0 Å². The van der Waals surface area contributed by atoms with E-state index in [1.165, 1.54) is 0 Å². The summed E-state index contributed by atoms with van der Waals surface area (Å²) >= 11 is 0. The van der Waals surface area contributed by atoms with Crippen LogP contribution in [0.15, 0.2) is 0 Å². The Balaban J connectivity index is 1.86. The Hall–Kier alpha value is -0.200. The summed E-state index contributed by atoms with van der Waals surface area (Å²) in [6.07, 6.45) is 0.943. The Bertz CT molecular complexity index is 215. The van der Waals surface area contributed by atoms with Gasteiger partial charge >= 0.3 is 0 Å². The molecule has 2 heterocycles. The fourth-order valence-corrected chi connectivity index (χ4v) is 2.40. The second-order valence-electron chi connectivity index (χ2n) is 4.69. The van der Waals surface area contributed by atoms with Crippen LogP contribution in [0.5, 0.6) is 0 Å². The zero-order valence-corrected chi connectivity index (χ0v) is 9.68. The van der Waals surface area contributed by atoms with Gasteiger partial charge in [-0.2, -0.15) is 0 Å². The van der Waals surface area contributed by atoms with E-state index < -0.39 is 0 Å². The van der Waals surface area contributed by atoms with Gasteiger partial charge in [0, 0.05) is 31.7 Å². The Kier molecular flexibility index (Phi) is 4.55. The number of hydrogen-bond donors (Lipinski definition) is 2. The monoisotopic (exact) mass is 230 g/mol. The largest absolute Gasteiger partial charge is 0.395 e. The molecule has 3 unspecified atom stereocenters. The normalized spacial score (nSPS) is 37.5. The lowest BCUT2D eigenvalue weighted by molar-refractivity contribution is -0.0493. The van der Waals surface area contributed by atoms with Gasteiger partial charge in [0.2, 0.25) is 0 Å². The molecule has 0 saturated carbocycles. The molecule has 3 N–H and O–H groups in total. The predicted octanol–water partition coefficient (Wildman–Crippen LogP) is -0.957. The Labute approximate surface area is 96.5 Å². The van der Waals surface area contributed by atoms with Crippen LogP contribution in [-0.2, 0) is 9.47 Å². The van der Waals surface area contributed by atoms with E-state index in [0.717, 1.165) is 39.3 Å². The molecule has 2 rings (SSSR count). The quantitative estimate of drug-likeness (QED) is 0.654. The lowest BCUT2D eigenvalue weighted by Crippen LogP contribution is -2.53. The molecule has 0 aromatic carbocycles. The first-order valence-electron chi connectivity index (χ1n) is 6.07. The summed E-state index contributed by atoms with van der Waals surface area (Å²) in [6, 6.07) is 0.360. The second kappa shape index (κ2) is 5.93. The molecule has 0 spiro atoms. The molecule has 0 bridgehead atoms. The van der Waals surface area contributed by atoms with Crippen molar-refractivity contribution in [3.63, 3.8) is 0 Å². The Morgan fingerprint density at radius 1 is 1.25 bits per heavy atom. The average molecular weight is 230 g/mol. The van der Waals surface area contributed by atoms with Crippen molar-refractivity contribution in [1.82, 2.24) is 4.90 Å². The summed E-state index contributed by atoms with van der Waals surface area (Å²) in [7, 11) is 0. The second-order valence-corrected chi connectivity index (χ2v) is 4.69. The van der Waals surface area contributed by atoms with Gasteiger partial charge in [-0.3, -0.25) is 4.90 Å². The molecule has 0 radical (unpaired) electrons. The summed E-state index contributed by atoms with van der Waals surface area (Å²) in [5, 5.41) is 9.27. The first-order chi connectivity index (χ1) is 7.81. The summed E-state index contributed by atoms with van der Waals surface area (Å²) < 4.78 is 10.8. The number of rotatable bonds is 3. The number of aliphatic hydroxyl groups is 1. The molecule has 0 aromatic rings. The van der Waals surface area contributed by atoms with Crippen LogP contribution in [0.3, 0.4) is 0 Å². The smallest absolute Gasteiger partial charge is 0.0644 e. The number of hydrogen-bond acceptors (Lipinski definition) is 5. The van der Waals surface area contributed by atoms with Crippen LogP contribution in [0.25, 0.3) is 0 Å². The summed E-state index contributed by atoms with van der Waals surface area (Å²) in [5.74, 6) is 0.390. The van der Waals surface area contributed by atoms with E-state index in [1.54, 1.807) is 0 Å². The maximum atomic E-state index is 9.27. The molecule has 2 aliphatic rings. The number of aliphatic hydroxyl groups excluding tert-OH is 1. The Morgan fingerprint density at radius 2 is 2.06 bits per heavy atom. The average Bonchev–Trinajstić information content (AvgIpc) is 2.33. The maximum absolute atomic E-state index is 9.27. The number of morpholine rings is 1. The van der Waals surface area contributed by atoms with Crippen LogP contribution in [0.4, 0.5) is 0 Å². The van der Waals surface area contributed by atoms with Crippen LogP contribution in [0.1, 0.15) is 6.42 Å².